The highest BCUT2D eigenvalue weighted by Gasteiger charge is 2.84. The molecule has 0 bridgehead atoms. The summed E-state index contributed by atoms with van der Waals surface area (Å²) in [5.74, 6) is -8.36. The van der Waals surface area contributed by atoms with Crippen LogP contribution in [0.3, 0.4) is 0 Å². The lowest BCUT2D eigenvalue weighted by Gasteiger charge is -2.30. The second kappa shape index (κ2) is 9.45. The molecule has 2 aromatic rings. The molecule has 0 aliphatic rings. The minimum absolute atomic E-state index is 0.417. The zero-order chi connectivity index (χ0) is 27.8. The Bertz CT molecular complexity index is 1330. The molecule has 0 aliphatic heterocycles. The van der Waals surface area contributed by atoms with Crippen LogP contribution in [0, 0.1) is 6.92 Å². The molecule has 0 aliphatic carbocycles. The number of nitrogens with zero attached hydrogens (tertiary/aromatic N) is 1. The highest BCUT2D eigenvalue weighted by molar-refractivity contribution is 7.89. The van der Waals surface area contributed by atoms with E-state index in [4.69, 9.17) is 0 Å². The van der Waals surface area contributed by atoms with E-state index in [9.17, 15) is 56.3 Å². The molecule has 0 heterocycles. The molecule has 2 rings (SSSR count). The second-order valence-corrected chi connectivity index (χ2v) is 9.95. The summed E-state index contributed by atoms with van der Waals surface area (Å²) in [6, 6.07) is 7.93. The summed E-state index contributed by atoms with van der Waals surface area (Å²) in [6.07, 6.45) is -5.59. The maximum absolute atomic E-state index is 14.1. The van der Waals surface area contributed by atoms with Gasteiger partial charge in [0.25, 0.3) is 0 Å². The van der Waals surface area contributed by atoms with Gasteiger partial charge in [-0.3, -0.25) is 4.28 Å². The smallest absolute Gasteiger partial charge is 0.378 e. The Balaban J connectivity index is 2.47. The zero-order valence-electron chi connectivity index (χ0n) is 17.3. The van der Waals surface area contributed by atoms with E-state index in [1.54, 1.807) is 0 Å². The molecule has 36 heavy (non-hydrogen) atoms. The molecule has 0 N–H and O–H groups in total. The fourth-order valence-corrected chi connectivity index (χ4v) is 3.94. The molecule has 0 aromatic heterocycles. The molecule has 0 spiro atoms. The van der Waals surface area contributed by atoms with Gasteiger partial charge in [0, 0.05) is 5.56 Å². The largest absolute Gasteiger partial charge is 0.452 e. The number of alkyl halides is 9. The van der Waals surface area contributed by atoms with Crippen LogP contribution in [0.25, 0.3) is 0 Å². The van der Waals surface area contributed by atoms with E-state index in [2.05, 4.69) is 8.47 Å². The Kier molecular flexibility index (Phi) is 7.67. The van der Waals surface area contributed by atoms with Crippen LogP contribution in [0.1, 0.15) is 11.1 Å². The van der Waals surface area contributed by atoms with Crippen molar-refractivity contribution in [2.45, 2.75) is 29.5 Å². The van der Waals surface area contributed by atoms with Gasteiger partial charge in [-0.15, -0.1) is 0 Å². The summed E-state index contributed by atoms with van der Waals surface area (Å²) in [5, 5.41) is -12.2. The maximum atomic E-state index is 14.1. The zero-order valence-corrected chi connectivity index (χ0v) is 18.9. The standard InChI is InChI=1S/C18H12F9NO6S2/c1-11-7-9-13(10-8-11)33-35(29,30)17(24,25)16(22,23)18(26,27)36(31,32)34-28-14(15(19,20)21)12-5-3-2-4-6-12/h2-10H,1H3/b28-14-. The summed E-state index contributed by atoms with van der Waals surface area (Å²) in [4.78, 5) is 0. The first-order chi connectivity index (χ1) is 16.2. The number of oxime groups is 1. The molecule has 2 aromatic carbocycles. The SMILES string of the molecule is Cc1ccc(OS(=O)(=O)C(F)(F)C(F)(F)C(F)(F)S(=O)(=O)O/N=C(/c2ccccc2)C(F)(F)F)cc1. The van der Waals surface area contributed by atoms with E-state index < -0.39 is 59.9 Å². The van der Waals surface area contributed by atoms with Gasteiger partial charge in [-0.1, -0.05) is 53.2 Å². The van der Waals surface area contributed by atoms with Crippen LogP contribution < -0.4 is 4.18 Å². The van der Waals surface area contributed by atoms with Gasteiger partial charge in [-0.2, -0.15) is 56.3 Å². The number of rotatable bonds is 9. The molecule has 200 valence electrons. The molecule has 0 atom stereocenters. The Hall–Kier alpha value is -3.02. The monoisotopic (exact) mass is 573 g/mol. The van der Waals surface area contributed by atoms with E-state index in [1.165, 1.54) is 13.0 Å². The molecule has 0 unspecified atom stereocenters. The number of hydrogen-bond acceptors (Lipinski definition) is 7. The Labute approximate surface area is 197 Å². The molecule has 0 saturated carbocycles. The fourth-order valence-electron chi connectivity index (χ4n) is 2.25. The molecule has 0 fully saturated rings. The molecule has 7 nitrogen and oxygen atoms in total. The molecule has 18 heteroatoms. The summed E-state index contributed by atoms with van der Waals surface area (Å²) in [6.45, 7) is 1.44. The summed E-state index contributed by atoms with van der Waals surface area (Å²) in [7, 11) is -14.5. The van der Waals surface area contributed by atoms with Gasteiger partial charge in [-0.25, -0.2) is 0 Å². The van der Waals surface area contributed by atoms with Crippen LogP contribution in [0.15, 0.2) is 59.8 Å². The third kappa shape index (κ3) is 5.37. The van der Waals surface area contributed by atoms with E-state index >= 15 is 0 Å². The predicted molar refractivity (Wildman–Crippen MR) is 105 cm³/mol. The molecule has 0 amide bonds. The third-order valence-corrected chi connectivity index (χ3v) is 6.58. The predicted octanol–water partition coefficient (Wildman–Crippen LogP) is 4.84. The van der Waals surface area contributed by atoms with Crippen LogP contribution in [-0.4, -0.2) is 45.2 Å². The number of benzene rings is 2. The summed E-state index contributed by atoms with van der Waals surface area (Å²) in [5.41, 5.74) is -2.87. The van der Waals surface area contributed by atoms with Crippen molar-refractivity contribution in [3.05, 3.63) is 65.7 Å². The van der Waals surface area contributed by atoms with Crippen molar-refractivity contribution >= 4 is 25.9 Å². The minimum atomic E-state index is -7.47. The number of halogens is 9. The Morgan fingerprint density at radius 2 is 1.19 bits per heavy atom. The van der Waals surface area contributed by atoms with Gasteiger partial charge in [0.05, 0.1) is 0 Å². The minimum Gasteiger partial charge on any atom is -0.378 e. The van der Waals surface area contributed by atoms with Crippen molar-refractivity contribution in [2.24, 2.45) is 5.16 Å². The summed E-state index contributed by atoms with van der Waals surface area (Å²) < 4.78 is 178. The first-order valence-electron chi connectivity index (χ1n) is 8.95. The Morgan fingerprint density at radius 3 is 1.67 bits per heavy atom. The van der Waals surface area contributed by atoms with Crippen LogP contribution in [-0.2, 0) is 24.5 Å². The number of aryl methyl sites for hydroxylation is 1. The lowest BCUT2D eigenvalue weighted by Crippen LogP contribution is -2.61. The van der Waals surface area contributed by atoms with Gasteiger partial charge in [0.2, 0.25) is 0 Å². The second-order valence-electron chi connectivity index (χ2n) is 6.79. The van der Waals surface area contributed by atoms with Gasteiger partial charge >= 0.3 is 42.8 Å². The van der Waals surface area contributed by atoms with E-state index in [0.29, 0.717) is 29.8 Å². The lowest BCUT2D eigenvalue weighted by atomic mass is 10.1. The molecular formula is C18H12F9NO6S2. The average molecular weight is 573 g/mol. The number of hydrogen-bond donors (Lipinski definition) is 0. The quantitative estimate of drug-likeness (QED) is 0.184. The first kappa shape index (κ1) is 29.2. The van der Waals surface area contributed by atoms with Crippen LogP contribution in [0.4, 0.5) is 39.5 Å². The van der Waals surface area contributed by atoms with Gasteiger partial charge in [0.15, 0.2) is 5.71 Å². The summed E-state index contributed by atoms with van der Waals surface area (Å²) >= 11 is 0. The van der Waals surface area contributed by atoms with Crippen molar-refractivity contribution < 1.29 is 64.8 Å². The van der Waals surface area contributed by atoms with Gasteiger partial charge < -0.3 is 4.18 Å². The van der Waals surface area contributed by atoms with Crippen LogP contribution in [0.5, 0.6) is 5.75 Å². The van der Waals surface area contributed by atoms with Crippen LogP contribution in [0.2, 0.25) is 0 Å². The first-order valence-corrected chi connectivity index (χ1v) is 11.8. The van der Waals surface area contributed by atoms with Crippen molar-refractivity contribution in [1.82, 2.24) is 0 Å². The van der Waals surface area contributed by atoms with Gasteiger partial charge in [-0.05, 0) is 19.1 Å². The van der Waals surface area contributed by atoms with E-state index in [-0.39, 0.29) is 0 Å². The fraction of sp³-hybridized carbons (Fsp3) is 0.278. The lowest BCUT2D eigenvalue weighted by molar-refractivity contribution is -0.247. The maximum Gasteiger partial charge on any atom is 0.452 e. The van der Waals surface area contributed by atoms with Crippen molar-refractivity contribution in [3.63, 3.8) is 0 Å². The topological polar surface area (TPSA) is 99.1 Å². The highest BCUT2D eigenvalue weighted by Crippen LogP contribution is 2.51. The third-order valence-electron chi connectivity index (χ3n) is 4.13. The van der Waals surface area contributed by atoms with Crippen molar-refractivity contribution in [2.75, 3.05) is 0 Å². The normalized spacial score (nSPS) is 14.4. The van der Waals surface area contributed by atoms with Crippen molar-refractivity contribution in [3.8, 4) is 5.75 Å². The highest BCUT2D eigenvalue weighted by atomic mass is 32.2. The molecule has 0 saturated heterocycles. The Morgan fingerprint density at radius 1 is 0.722 bits per heavy atom. The molecular weight excluding hydrogens is 561 g/mol. The van der Waals surface area contributed by atoms with E-state index in [1.807, 2.05) is 5.16 Å². The van der Waals surface area contributed by atoms with E-state index in [0.717, 1.165) is 24.3 Å². The van der Waals surface area contributed by atoms with Crippen molar-refractivity contribution in [1.29, 1.82) is 0 Å². The van der Waals surface area contributed by atoms with Crippen LogP contribution >= 0.6 is 0 Å². The molecule has 0 radical (unpaired) electrons. The average Bonchev–Trinajstić information content (AvgIpc) is 2.74. The van der Waals surface area contributed by atoms with Gasteiger partial charge in [0.1, 0.15) is 5.75 Å².